The van der Waals surface area contributed by atoms with Crippen molar-refractivity contribution in [3.05, 3.63) is 48.6 Å². The molecule has 0 rings (SSSR count). The van der Waals surface area contributed by atoms with Gasteiger partial charge in [0.15, 0.2) is 0 Å². The number of allylic oxidation sites excluding steroid dienone is 7. The lowest BCUT2D eigenvalue weighted by atomic mass is 10.0. The summed E-state index contributed by atoms with van der Waals surface area (Å²) in [4.78, 5) is 47.4. The molecule has 2 amide bonds. The number of aliphatic hydroxyl groups is 1. The van der Waals surface area contributed by atoms with Crippen LogP contribution in [0, 0.1) is 0 Å². The molecule has 0 saturated heterocycles. The third-order valence-corrected chi connectivity index (χ3v) is 9.78. The number of nitrogens with one attached hydrogen (secondary N) is 2. The van der Waals surface area contributed by atoms with Crippen LogP contribution < -0.4 is 10.6 Å². The number of hydrogen-bond acceptors (Lipinski definition) is 6. The van der Waals surface area contributed by atoms with Gasteiger partial charge in [0.1, 0.15) is 12.1 Å². The fraction of sp³-hybridized carbons (Fsp3) is 0.745. The molecule has 0 bridgehead atoms. The molecule has 4 N–H and O–H groups in total. The van der Waals surface area contributed by atoms with Crippen molar-refractivity contribution in [1.29, 1.82) is 0 Å². The molecule has 0 aromatic heterocycles. The van der Waals surface area contributed by atoms with Gasteiger partial charge in [-0.25, -0.2) is 4.79 Å². The molecule has 0 radical (unpaired) electrons. The van der Waals surface area contributed by atoms with E-state index in [0.29, 0.717) is 19.3 Å². The number of hydrogen-bond donors (Lipinski definition) is 4. The van der Waals surface area contributed by atoms with Crippen LogP contribution in [0.5, 0.6) is 0 Å². The summed E-state index contributed by atoms with van der Waals surface area (Å²) >= 11 is 0. The highest BCUT2D eigenvalue weighted by Crippen LogP contribution is 2.16. The van der Waals surface area contributed by atoms with Gasteiger partial charge in [0.05, 0.1) is 13.2 Å². The van der Waals surface area contributed by atoms with E-state index in [0.717, 1.165) is 83.5 Å². The predicted molar refractivity (Wildman–Crippen MR) is 231 cm³/mol. The van der Waals surface area contributed by atoms with Crippen LogP contribution in [0.15, 0.2) is 48.6 Å². The van der Waals surface area contributed by atoms with Crippen LogP contribution in [0.1, 0.15) is 200 Å². The van der Waals surface area contributed by atoms with E-state index in [9.17, 15) is 19.2 Å². The molecule has 0 spiro atoms. The first-order valence-corrected chi connectivity index (χ1v) is 22.5. The molecule has 9 heteroatoms. The summed E-state index contributed by atoms with van der Waals surface area (Å²) in [6, 6.07) is -1.38. The fourth-order valence-corrected chi connectivity index (χ4v) is 6.28. The largest absolute Gasteiger partial charge is 0.480 e. The Kier molecular flexibility index (Phi) is 39.1. The summed E-state index contributed by atoms with van der Waals surface area (Å²) in [5, 5.41) is 22.5. The van der Waals surface area contributed by atoms with E-state index in [1.54, 1.807) is 0 Å². The van der Waals surface area contributed by atoms with Crippen molar-refractivity contribution in [2.75, 3.05) is 13.2 Å². The maximum Gasteiger partial charge on any atom is 0.328 e. The number of unbranched alkanes of at least 4 members (excludes halogenated alkanes) is 20. The number of carbonyl (C=O) groups is 4. The Morgan fingerprint density at radius 1 is 0.554 bits per heavy atom. The van der Waals surface area contributed by atoms with E-state index >= 15 is 0 Å². The molecule has 0 aromatic rings. The van der Waals surface area contributed by atoms with Gasteiger partial charge >= 0.3 is 11.9 Å². The van der Waals surface area contributed by atoms with Gasteiger partial charge in [-0.15, -0.1) is 0 Å². The SMILES string of the molecule is CCCCC/C=C\C/C=C\C/C=C\CCCCCCCCC(=O)OC(/C=C\CCCCCCCC)CCCCCCCCC(=O)NCC(=O)NC(CO)C(=O)O. The topological polar surface area (TPSA) is 142 Å². The second-order valence-corrected chi connectivity index (χ2v) is 15.1. The highest BCUT2D eigenvalue weighted by atomic mass is 16.5. The molecule has 2 unspecified atom stereocenters. The summed E-state index contributed by atoms with van der Waals surface area (Å²) in [5.74, 6) is -2.34. The zero-order valence-electron chi connectivity index (χ0n) is 35.6. The van der Waals surface area contributed by atoms with Gasteiger partial charge in [0.2, 0.25) is 11.8 Å². The third kappa shape index (κ3) is 37.7. The first-order chi connectivity index (χ1) is 27.3. The Balaban J connectivity index is 4.22. The van der Waals surface area contributed by atoms with E-state index in [4.69, 9.17) is 14.9 Å². The molecular formula is C47H82N2O7. The molecule has 0 fully saturated rings. The number of carboxylic acids is 1. The first kappa shape index (κ1) is 52.8. The van der Waals surface area contributed by atoms with Crippen LogP contribution >= 0.6 is 0 Å². The molecule has 322 valence electrons. The smallest absolute Gasteiger partial charge is 0.328 e. The number of aliphatic hydroxyl groups excluding tert-OH is 1. The van der Waals surface area contributed by atoms with Crippen molar-refractivity contribution in [3.63, 3.8) is 0 Å². The van der Waals surface area contributed by atoms with Gasteiger partial charge in [-0.2, -0.15) is 0 Å². The van der Waals surface area contributed by atoms with Crippen LogP contribution in [0.3, 0.4) is 0 Å². The normalized spacial score (nSPS) is 12.9. The minimum atomic E-state index is -1.38. The summed E-state index contributed by atoms with van der Waals surface area (Å²) in [5.41, 5.74) is 0. The molecule has 0 saturated carbocycles. The average molecular weight is 787 g/mol. The minimum Gasteiger partial charge on any atom is -0.480 e. The van der Waals surface area contributed by atoms with Gasteiger partial charge in [-0.3, -0.25) is 14.4 Å². The fourth-order valence-electron chi connectivity index (χ4n) is 6.28. The van der Waals surface area contributed by atoms with Crippen molar-refractivity contribution >= 4 is 23.8 Å². The maximum absolute atomic E-state index is 12.7. The van der Waals surface area contributed by atoms with Gasteiger partial charge in [0, 0.05) is 12.8 Å². The van der Waals surface area contributed by atoms with Crippen LogP contribution in [0.25, 0.3) is 0 Å². The maximum atomic E-state index is 12.7. The molecule has 2 atom stereocenters. The van der Waals surface area contributed by atoms with Gasteiger partial charge in [0.25, 0.3) is 0 Å². The number of ether oxygens (including phenoxy) is 1. The number of aliphatic carboxylic acids is 1. The Morgan fingerprint density at radius 2 is 1.02 bits per heavy atom. The van der Waals surface area contributed by atoms with Gasteiger partial charge in [-0.05, 0) is 83.1 Å². The summed E-state index contributed by atoms with van der Waals surface area (Å²) < 4.78 is 5.94. The van der Waals surface area contributed by atoms with Crippen molar-refractivity contribution in [1.82, 2.24) is 10.6 Å². The Hall–Kier alpha value is -3.20. The zero-order chi connectivity index (χ0) is 41.2. The van der Waals surface area contributed by atoms with Crippen LogP contribution in [-0.2, 0) is 23.9 Å². The number of carbonyl (C=O) groups excluding carboxylic acids is 3. The molecule has 0 aliphatic rings. The Bertz CT molecular complexity index is 1080. The van der Waals surface area contributed by atoms with E-state index in [-0.39, 0.29) is 24.5 Å². The number of amides is 2. The lowest BCUT2D eigenvalue weighted by Crippen LogP contribution is -2.47. The Morgan fingerprint density at radius 3 is 1.59 bits per heavy atom. The van der Waals surface area contributed by atoms with E-state index in [1.165, 1.54) is 83.5 Å². The van der Waals surface area contributed by atoms with E-state index in [2.05, 4.69) is 73.1 Å². The van der Waals surface area contributed by atoms with Crippen molar-refractivity contribution in [3.8, 4) is 0 Å². The molecule has 9 nitrogen and oxygen atoms in total. The molecule has 0 aliphatic carbocycles. The minimum absolute atomic E-state index is 0.0905. The number of esters is 1. The quantitative estimate of drug-likeness (QED) is 0.0275. The molecule has 56 heavy (non-hydrogen) atoms. The highest BCUT2D eigenvalue weighted by molar-refractivity contribution is 5.87. The molecule has 0 aliphatic heterocycles. The molecular weight excluding hydrogens is 705 g/mol. The van der Waals surface area contributed by atoms with Gasteiger partial charge < -0.3 is 25.6 Å². The second-order valence-electron chi connectivity index (χ2n) is 15.1. The summed E-state index contributed by atoms with van der Waals surface area (Å²) in [6.07, 6.45) is 48.7. The lowest BCUT2D eigenvalue weighted by molar-refractivity contribution is -0.147. The van der Waals surface area contributed by atoms with E-state index in [1.807, 2.05) is 0 Å². The second kappa shape index (κ2) is 41.4. The van der Waals surface area contributed by atoms with Crippen LogP contribution in [0.2, 0.25) is 0 Å². The lowest BCUT2D eigenvalue weighted by Gasteiger charge is -2.15. The number of rotatable bonds is 40. The van der Waals surface area contributed by atoms with Crippen LogP contribution in [0.4, 0.5) is 0 Å². The van der Waals surface area contributed by atoms with Crippen molar-refractivity contribution in [2.24, 2.45) is 0 Å². The summed E-state index contributed by atoms with van der Waals surface area (Å²) in [6.45, 7) is 3.44. The average Bonchev–Trinajstić information content (AvgIpc) is 3.18. The highest BCUT2D eigenvalue weighted by Gasteiger charge is 2.18. The predicted octanol–water partition coefficient (Wildman–Crippen LogP) is 11.2. The molecule has 0 heterocycles. The number of carboxylic acid groups (broad SMARTS) is 1. The first-order valence-electron chi connectivity index (χ1n) is 22.5. The van der Waals surface area contributed by atoms with Crippen molar-refractivity contribution < 1.29 is 34.1 Å². The molecule has 0 aromatic carbocycles. The summed E-state index contributed by atoms with van der Waals surface area (Å²) in [7, 11) is 0. The van der Waals surface area contributed by atoms with Crippen molar-refractivity contribution in [2.45, 2.75) is 212 Å². The monoisotopic (exact) mass is 787 g/mol. The van der Waals surface area contributed by atoms with E-state index < -0.39 is 24.5 Å². The Labute approximate surface area is 341 Å². The standard InChI is InChI=1S/C47H82N2O7/c1-3-5-7-9-11-13-14-15-16-17-18-19-20-21-22-23-25-31-35-39-46(53)56-42(36-32-28-24-12-10-8-6-4-2)37-33-29-26-27-30-34-38-44(51)48-40-45(52)49-43(41-50)47(54)55/h11,13,15-16,18-19,32,36,42-43,50H,3-10,12,14,17,20-31,33-35,37-41H2,1-2H3,(H,48,51)(H,49,52)(H,54,55)/b13-11-,16-15-,19-18-,36-32-. The third-order valence-electron chi connectivity index (χ3n) is 9.78. The zero-order valence-corrected chi connectivity index (χ0v) is 35.6. The van der Waals surface area contributed by atoms with Gasteiger partial charge in [-0.1, -0.05) is 153 Å². The van der Waals surface area contributed by atoms with Crippen LogP contribution in [-0.4, -0.2) is 59.3 Å².